The van der Waals surface area contributed by atoms with Crippen LogP contribution in [0.15, 0.2) is 53.3 Å². The predicted octanol–water partition coefficient (Wildman–Crippen LogP) is 3.25. The van der Waals surface area contributed by atoms with Crippen LogP contribution in [0, 0.1) is 10.1 Å². The summed E-state index contributed by atoms with van der Waals surface area (Å²) in [5.41, 5.74) is 0.797. The zero-order chi connectivity index (χ0) is 16.4. The van der Waals surface area contributed by atoms with Crippen molar-refractivity contribution >= 4 is 16.6 Å². The molecule has 116 valence electrons. The van der Waals surface area contributed by atoms with Crippen LogP contribution in [0.4, 0.5) is 5.69 Å². The highest BCUT2D eigenvalue weighted by Gasteiger charge is 2.15. The van der Waals surface area contributed by atoms with Crippen LogP contribution in [-0.4, -0.2) is 14.5 Å². The molecule has 0 aliphatic rings. The van der Waals surface area contributed by atoms with Crippen molar-refractivity contribution in [3.8, 4) is 5.69 Å². The quantitative estimate of drug-likeness (QED) is 0.547. The molecular weight excluding hydrogens is 294 g/mol. The van der Waals surface area contributed by atoms with E-state index in [0.29, 0.717) is 23.4 Å². The molecular formula is C17H15N3O3. The van der Waals surface area contributed by atoms with Gasteiger partial charge >= 0.3 is 0 Å². The van der Waals surface area contributed by atoms with Crippen LogP contribution in [-0.2, 0) is 6.42 Å². The van der Waals surface area contributed by atoms with E-state index in [2.05, 4.69) is 4.98 Å². The summed E-state index contributed by atoms with van der Waals surface area (Å²) in [7, 11) is 0. The maximum atomic E-state index is 12.9. The van der Waals surface area contributed by atoms with Gasteiger partial charge in [-0.2, -0.15) is 0 Å². The van der Waals surface area contributed by atoms with Gasteiger partial charge < -0.3 is 0 Å². The van der Waals surface area contributed by atoms with E-state index in [1.165, 1.54) is 22.8 Å². The Morgan fingerprint density at radius 1 is 1.17 bits per heavy atom. The molecule has 2 aromatic carbocycles. The Kier molecular flexibility index (Phi) is 3.89. The topological polar surface area (TPSA) is 78.0 Å². The second kappa shape index (κ2) is 6.00. The van der Waals surface area contributed by atoms with Gasteiger partial charge in [-0.25, -0.2) is 4.98 Å². The Labute approximate surface area is 132 Å². The zero-order valence-electron chi connectivity index (χ0n) is 12.6. The maximum Gasteiger partial charge on any atom is 0.270 e. The molecule has 0 radical (unpaired) electrons. The lowest BCUT2D eigenvalue weighted by Gasteiger charge is -2.13. The summed E-state index contributed by atoms with van der Waals surface area (Å²) in [6.07, 6.45) is 1.49. The normalized spacial score (nSPS) is 10.8. The van der Waals surface area contributed by atoms with E-state index in [1.807, 2.05) is 37.3 Å². The third-order valence-corrected chi connectivity index (χ3v) is 3.62. The number of hydrogen-bond acceptors (Lipinski definition) is 4. The highest BCUT2D eigenvalue weighted by Crippen LogP contribution is 2.19. The fraction of sp³-hybridized carbons (Fsp3) is 0.176. The van der Waals surface area contributed by atoms with Crippen molar-refractivity contribution in [2.45, 2.75) is 19.8 Å². The Morgan fingerprint density at radius 2 is 1.91 bits per heavy atom. The molecule has 0 aliphatic carbocycles. The molecule has 0 saturated heterocycles. The van der Waals surface area contributed by atoms with Gasteiger partial charge in [0.1, 0.15) is 5.82 Å². The minimum atomic E-state index is -0.508. The molecule has 6 heteroatoms. The number of aryl methyl sites for hydroxylation is 1. The van der Waals surface area contributed by atoms with Gasteiger partial charge in [-0.1, -0.05) is 25.1 Å². The van der Waals surface area contributed by atoms with E-state index in [4.69, 9.17) is 0 Å². The van der Waals surface area contributed by atoms with Gasteiger partial charge in [-0.3, -0.25) is 19.5 Å². The van der Waals surface area contributed by atoms with Crippen LogP contribution in [0.3, 0.4) is 0 Å². The maximum absolute atomic E-state index is 12.9. The lowest BCUT2D eigenvalue weighted by atomic mass is 10.2. The van der Waals surface area contributed by atoms with Gasteiger partial charge in [-0.05, 0) is 24.6 Å². The van der Waals surface area contributed by atoms with Crippen molar-refractivity contribution in [2.24, 2.45) is 0 Å². The van der Waals surface area contributed by atoms with Gasteiger partial charge in [0.2, 0.25) is 0 Å². The summed E-state index contributed by atoms with van der Waals surface area (Å²) in [6.45, 7) is 2.02. The molecule has 0 N–H and O–H groups in total. The Hall–Kier alpha value is -3.02. The molecule has 1 aromatic heterocycles. The fourth-order valence-electron chi connectivity index (χ4n) is 2.57. The molecule has 0 bridgehead atoms. The first kappa shape index (κ1) is 14.9. The number of hydrogen-bond donors (Lipinski definition) is 0. The van der Waals surface area contributed by atoms with Crippen LogP contribution in [0.1, 0.15) is 19.2 Å². The summed E-state index contributed by atoms with van der Waals surface area (Å²) >= 11 is 0. The monoisotopic (exact) mass is 309 g/mol. The molecule has 0 aliphatic heterocycles. The van der Waals surface area contributed by atoms with E-state index < -0.39 is 4.92 Å². The first-order chi connectivity index (χ1) is 11.1. The third kappa shape index (κ3) is 2.70. The average molecular weight is 309 g/mol. The standard InChI is InChI=1S/C17H15N3O3/c1-2-6-16-18-15-10-9-13(20(22)23)11-14(15)17(21)19(16)12-7-4-3-5-8-12/h3-5,7-11H,2,6H2,1H3. The lowest BCUT2D eigenvalue weighted by molar-refractivity contribution is -0.384. The molecule has 3 rings (SSSR count). The van der Waals surface area contributed by atoms with Gasteiger partial charge in [0, 0.05) is 18.6 Å². The van der Waals surface area contributed by atoms with E-state index in [9.17, 15) is 14.9 Å². The molecule has 23 heavy (non-hydrogen) atoms. The van der Waals surface area contributed by atoms with Gasteiger partial charge in [0.25, 0.3) is 11.2 Å². The van der Waals surface area contributed by atoms with Crippen molar-refractivity contribution in [3.05, 3.63) is 74.8 Å². The largest absolute Gasteiger partial charge is 0.270 e. The smallest absolute Gasteiger partial charge is 0.268 e. The van der Waals surface area contributed by atoms with Crippen LogP contribution in [0.25, 0.3) is 16.6 Å². The number of aromatic nitrogens is 2. The Balaban J connectivity index is 2.35. The Morgan fingerprint density at radius 3 is 2.57 bits per heavy atom. The van der Waals surface area contributed by atoms with Crippen LogP contribution >= 0.6 is 0 Å². The summed E-state index contributed by atoms with van der Waals surface area (Å²) < 4.78 is 1.54. The third-order valence-electron chi connectivity index (χ3n) is 3.62. The number of nitrogens with zero attached hydrogens (tertiary/aromatic N) is 3. The highest BCUT2D eigenvalue weighted by atomic mass is 16.6. The number of rotatable bonds is 4. The van der Waals surface area contributed by atoms with Crippen molar-refractivity contribution in [2.75, 3.05) is 0 Å². The predicted molar refractivity (Wildman–Crippen MR) is 88.0 cm³/mol. The van der Waals surface area contributed by atoms with Crippen LogP contribution in [0.5, 0.6) is 0 Å². The summed E-state index contributed by atoms with van der Waals surface area (Å²) in [5, 5.41) is 11.2. The molecule has 0 saturated carbocycles. The fourth-order valence-corrected chi connectivity index (χ4v) is 2.57. The number of nitro benzene ring substituents is 1. The van der Waals surface area contributed by atoms with E-state index in [0.717, 1.165) is 6.42 Å². The second-order valence-electron chi connectivity index (χ2n) is 5.21. The minimum absolute atomic E-state index is 0.112. The van der Waals surface area contributed by atoms with Crippen molar-refractivity contribution in [1.29, 1.82) is 0 Å². The summed E-state index contributed by atoms with van der Waals surface area (Å²) in [4.78, 5) is 27.9. The van der Waals surface area contributed by atoms with Crippen LogP contribution < -0.4 is 5.56 Å². The second-order valence-corrected chi connectivity index (χ2v) is 5.21. The molecule has 0 atom stereocenters. The molecule has 0 spiro atoms. The van der Waals surface area contributed by atoms with Gasteiger partial charge in [0.05, 0.1) is 21.5 Å². The lowest BCUT2D eigenvalue weighted by Crippen LogP contribution is -2.24. The number of non-ortho nitro benzene ring substituents is 1. The SMILES string of the molecule is CCCc1nc2ccc([N+](=O)[O-])cc2c(=O)n1-c1ccccc1. The minimum Gasteiger partial charge on any atom is -0.268 e. The van der Waals surface area contributed by atoms with Gasteiger partial charge in [-0.15, -0.1) is 0 Å². The van der Waals surface area contributed by atoms with Gasteiger partial charge in [0.15, 0.2) is 0 Å². The van der Waals surface area contributed by atoms with E-state index in [-0.39, 0.29) is 16.6 Å². The summed E-state index contributed by atoms with van der Waals surface area (Å²) in [6, 6.07) is 13.4. The zero-order valence-corrected chi connectivity index (χ0v) is 12.6. The molecule has 1 heterocycles. The number of fused-ring (bicyclic) bond motifs is 1. The summed E-state index contributed by atoms with van der Waals surface area (Å²) in [5.74, 6) is 0.657. The first-order valence-electron chi connectivity index (χ1n) is 7.37. The van der Waals surface area contributed by atoms with E-state index in [1.54, 1.807) is 0 Å². The number of para-hydroxylation sites is 1. The first-order valence-corrected chi connectivity index (χ1v) is 7.37. The molecule has 0 amide bonds. The molecule has 0 fully saturated rings. The molecule has 3 aromatic rings. The Bertz CT molecular complexity index is 933. The molecule has 6 nitrogen and oxygen atoms in total. The van der Waals surface area contributed by atoms with Crippen molar-refractivity contribution in [3.63, 3.8) is 0 Å². The number of benzene rings is 2. The van der Waals surface area contributed by atoms with Crippen molar-refractivity contribution in [1.82, 2.24) is 9.55 Å². The van der Waals surface area contributed by atoms with Crippen LogP contribution in [0.2, 0.25) is 0 Å². The number of nitro groups is 1. The van der Waals surface area contributed by atoms with E-state index >= 15 is 0 Å². The highest BCUT2D eigenvalue weighted by molar-refractivity contribution is 5.80. The molecule has 0 unspecified atom stereocenters. The average Bonchev–Trinajstić information content (AvgIpc) is 2.56. The van der Waals surface area contributed by atoms with Crippen molar-refractivity contribution < 1.29 is 4.92 Å².